The zero-order valence-electron chi connectivity index (χ0n) is 17.0. The van der Waals surface area contributed by atoms with Gasteiger partial charge in [0.05, 0.1) is 23.7 Å². The molecule has 0 aliphatic carbocycles. The van der Waals surface area contributed by atoms with Crippen LogP contribution in [0, 0.1) is 45.9 Å². The van der Waals surface area contributed by atoms with Crippen molar-refractivity contribution in [3.63, 3.8) is 0 Å². The highest BCUT2D eigenvalue weighted by Crippen LogP contribution is 2.39. The molecule has 6 nitrogen and oxygen atoms in total. The lowest BCUT2D eigenvalue weighted by Gasteiger charge is -2.27. The first-order chi connectivity index (χ1) is 16.6. The Balaban J connectivity index is 1.98. The van der Waals surface area contributed by atoms with Gasteiger partial charge in [-0.3, -0.25) is 4.79 Å². The van der Waals surface area contributed by atoms with Gasteiger partial charge < -0.3 is 15.0 Å². The molecule has 1 heterocycles. The minimum atomic E-state index is -5.30. The van der Waals surface area contributed by atoms with E-state index in [2.05, 4.69) is 4.74 Å². The van der Waals surface area contributed by atoms with E-state index in [1.54, 1.807) is 0 Å². The van der Waals surface area contributed by atoms with Crippen LogP contribution in [0.5, 0.6) is 0 Å². The van der Waals surface area contributed by atoms with Gasteiger partial charge in [0.2, 0.25) is 6.23 Å². The van der Waals surface area contributed by atoms with Gasteiger partial charge in [-0.05, 0) is 18.2 Å². The number of carbonyl (C=O) groups excluding carboxylic acids is 1. The molecule has 190 valence electrons. The van der Waals surface area contributed by atoms with Crippen molar-refractivity contribution < 1.29 is 53.4 Å². The molecule has 1 amide bonds. The SMILES string of the molecule is N#Cc1ccc(N2C[C@@H](C(=O)Nc3c(F)c(F)c(C#N)c(F)c3F)O[C@@H]2C(F)(F)F)cc1C(F)(F)F. The van der Waals surface area contributed by atoms with Crippen molar-refractivity contribution in [1.82, 2.24) is 0 Å². The molecule has 0 aromatic heterocycles. The summed E-state index contributed by atoms with van der Waals surface area (Å²) in [6.07, 6.45) is -15.7. The van der Waals surface area contributed by atoms with Crippen LogP contribution in [0.15, 0.2) is 18.2 Å². The van der Waals surface area contributed by atoms with Gasteiger partial charge in [-0.25, -0.2) is 17.6 Å². The lowest BCUT2D eigenvalue weighted by Crippen LogP contribution is -2.42. The van der Waals surface area contributed by atoms with Crippen LogP contribution in [0.2, 0.25) is 0 Å². The number of halogens is 10. The third kappa shape index (κ3) is 4.72. The third-order valence-corrected chi connectivity index (χ3v) is 4.90. The molecule has 1 fully saturated rings. The number of anilines is 2. The predicted molar refractivity (Wildman–Crippen MR) is 97.8 cm³/mol. The highest BCUT2D eigenvalue weighted by molar-refractivity contribution is 5.95. The van der Waals surface area contributed by atoms with E-state index in [1.165, 1.54) is 11.4 Å². The Labute approximate surface area is 193 Å². The monoisotopic (exact) mass is 526 g/mol. The molecule has 36 heavy (non-hydrogen) atoms. The number of hydrogen-bond donors (Lipinski definition) is 1. The largest absolute Gasteiger partial charge is 0.433 e. The van der Waals surface area contributed by atoms with Crippen molar-refractivity contribution in [3.05, 3.63) is 58.2 Å². The number of alkyl halides is 6. The fraction of sp³-hybridized carbons (Fsp3) is 0.250. The number of hydrogen-bond acceptors (Lipinski definition) is 5. The normalized spacial score (nSPS) is 18.1. The van der Waals surface area contributed by atoms with E-state index in [9.17, 15) is 48.7 Å². The molecule has 0 radical (unpaired) electrons. The molecular weight excluding hydrogens is 518 g/mol. The first-order valence-corrected chi connectivity index (χ1v) is 9.28. The molecule has 2 aromatic rings. The zero-order chi connectivity index (χ0) is 27.2. The highest BCUT2D eigenvalue weighted by Gasteiger charge is 2.53. The maximum absolute atomic E-state index is 14.1. The second-order valence-electron chi connectivity index (χ2n) is 7.12. The Kier molecular flexibility index (Phi) is 6.78. The van der Waals surface area contributed by atoms with Crippen LogP contribution in [-0.4, -0.2) is 31.0 Å². The Morgan fingerprint density at radius 3 is 2.03 bits per heavy atom. The Morgan fingerprint density at radius 1 is 0.972 bits per heavy atom. The van der Waals surface area contributed by atoms with Crippen molar-refractivity contribution >= 4 is 17.3 Å². The van der Waals surface area contributed by atoms with Crippen LogP contribution in [-0.2, 0) is 15.7 Å². The summed E-state index contributed by atoms with van der Waals surface area (Å²) in [4.78, 5) is 12.5. The number of nitrogens with one attached hydrogen (secondary N) is 1. The van der Waals surface area contributed by atoms with Gasteiger partial charge in [0, 0.05) is 5.69 Å². The Morgan fingerprint density at radius 2 is 1.56 bits per heavy atom. The smallest absolute Gasteiger partial charge is 0.335 e. The van der Waals surface area contributed by atoms with Gasteiger partial charge in [-0.1, -0.05) is 0 Å². The van der Waals surface area contributed by atoms with Crippen LogP contribution in [0.4, 0.5) is 55.3 Å². The molecule has 0 unspecified atom stereocenters. The van der Waals surface area contributed by atoms with Crippen LogP contribution >= 0.6 is 0 Å². The van der Waals surface area contributed by atoms with E-state index in [-0.39, 0.29) is 11.0 Å². The van der Waals surface area contributed by atoms with Crippen molar-refractivity contribution in [2.45, 2.75) is 24.7 Å². The lowest BCUT2D eigenvalue weighted by atomic mass is 10.1. The fourth-order valence-electron chi connectivity index (χ4n) is 3.27. The Hall–Kier alpha value is -4.05. The zero-order valence-corrected chi connectivity index (χ0v) is 17.0. The van der Waals surface area contributed by atoms with Crippen molar-refractivity contribution in [2.75, 3.05) is 16.8 Å². The van der Waals surface area contributed by atoms with Gasteiger partial charge in [0.15, 0.2) is 29.4 Å². The second-order valence-corrected chi connectivity index (χ2v) is 7.12. The molecule has 0 saturated carbocycles. The van der Waals surface area contributed by atoms with Crippen LogP contribution < -0.4 is 10.2 Å². The first kappa shape index (κ1) is 26.6. The van der Waals surface area contributed by atoms with Gasteiger partial charge in [-0.2, -0.15) is 36.9 Å². The summed E-state index contributed by atoms with van der Waals surface area (Å²) < 4.78 is 141. The maximum Gasteiger partial charge on any atom is 0.433 e. The third-order valence-electron chi connectivity index (χ3n) is 4.90. The molecule has 3 rings (SSSR count). The van der Waals surface area contributed by atoms with Gasteiger partial charge in [0.25, 0.3) is 5.91 Å². The minimum Gasteiger partial charge on any atom is -0.335 e. The standard InChI is InChI=1S/C20H8F10N4O2/c21-12-9(5-32)13(22)15(24)16(14(12)23)33-17(35)11-6-34(18(36-11)20(28,29)30)8-2-1-7(4-31)10(3-8)19(25,26)27/h1-3,11,18H,6H2,(H,33,35)/t11-,18+/m0/s1. The van der Waals surface area contributed by atoms with Crippen molar-refractivity contribution in [1.29, 1.82) is 10.5 Å². The second kappa shape index (κ2) is 9.19. The topological polar surface area (TPSA) is 89.2 Å². The molecule has 1 aliphatic rings. The van der Waals surface area contributed by atoms with Gasteiger partial charge in [0.1, 0.15) is 17.3 Å². The quantitative estimate of drug-likeness (QED) is 0.461. The summed E-state index contributed by atoms with van der Waals surface area (Å²) in [7, 11) is 0. The van der Waals surface area contributed by atoms with E-state index in [0.717, 1.165) is 12.1 Å². The number of nitriles is 2. The van der Waals surface area contributed by atoms with E-state index in [4.69, 9.17) is 10.5 Å². The number of carbonyl (C=O) groups is 1. The maximum atomic E-state index is 14.1. The summed E-state index contributed by atoms with van der Waals surface area (Å²) in [6, 6.07) is 3.61. The summed E-state index contributed by atoms with van der Waals surface area (Å²) in [5, 5.41) is 18.7. The molecule has 0 spiro atoms. The number of ether oxygens (including phenoxy) is 1. The Bertz CT molecular complexity index is 1280. The van der Waals surface area contributed by atoms with E-state index >= 15 is 0 Å². The molecule has 2 aromatic carbocycles. The lowest BCUT2D eigenvalue weighted by molar-refractivity contribution is -0.212. The average molecular weight is 526 g/mol. The highest BCUT2D eigenvalue weighted by atomic mass is 19.4. The van der Waals surface area contributed by atoms with Crippen LogP contribution in [0.3, 0.4) is 0 Å². The van der Waals surface area contributed by atoms with E-state index < -0.39 is 88.5 Å². The molecule has 1 saturated heterocycles. The molecule has 16 heteroatoms. The van der Waals surface area contributed by atoms with Gasteiger partial charge in [-0.15, -0.1) is 0 Å². The van der Waals surface area contributed by atoms with Crippen molar-refractivity contribution in [2.24, 2.45) is 0 Å². The van der Waals surface area contributed by atoms with Gasteiger partial charge >= 0.3 is 12.4 Å². The molecule has 1 N–H and O–H groups in total. The molecule has 1 aliphatic heterocycles. The minimum absolute atomic E-state index is 0.174. The van der Waals surface area contributed by atoms with E-state index in [0.29, 0.717) is 6.07 Å². The van der Waals surface area contributed by atoms with Crippen molar-refractivity contribution in [3.8, 4) is 12.1 Å². The average Bonchev–Trinajstić information content (AvgIpc) is 3.26. The summed E-state index contributed by atoms with van der Waals surface area (Å²) in [6.45, 7) is -1.12. The summed E-state index contributed by atoms with van der Waals surface area (Å²) in [5.41, 5.74) is -6.68. The summed E-state index contributed by atoms with van der Waals surface area (Å²) in [5.74, 6) is -10.6. The number of rotatable bonds is 3. The number of nitrogens with zero attached hydrogens (tertiary/aromatic N) is 3. The van der Waals surface area contributed by atoms with Crippen LogP contribution in [0.25, 0.3) is 0 Å². The summed E-state index contributed by atoms with van der Waals surface area (Å²) >= 11 is 0. The van der Waals surface area contributed by atoms with E-state index in [1.807, 2.05) is 0 Å². The number of amides is 1. The number of benzene rings is 2. The fourth-order valence-corrected chi connectivity index (χ4v) is 3.27. The molecule has 0 bridgehead atoms. The molecule has 2 atom stereocenters. The van der Waals surface area contributed by atoms with Crippen LogP contribution in [0.1, 0.15) is 16.7 Å². The molecular formula is C20H8F10N4O2. The predicted octanol–water partition coefficient (Wildman–Crippen LogP) is 4.74. The first-order valence-electron chi connectivity index (χ1n) is 9.28.